The maximum Gasteiger partial charge on any atom is 0.293 e. The normalized spacial score (nSPS) is 10.6. The first-order chi connectivity index (χ1) is 9.40. The predicted octanol–water partition coefficient (Wildman–Crippen LogP) is 3.07. The first-order valence-corrected chi connectivity index (χ1v) is 7.16. The number of amides is 1. The fourth-order valence-corrected chi connectivity index (χ4v) is 1.96. The maximum absolute atomic E-state index is 11.7. The quantitative estimate of drug-likeness (QED) is 0.452. The van der Waals surface area contributed by atoms with E-state index in [1.165, 1.54) is 12.1 Å². The molecule has 20 heavy (non-hydrogen) atoms. The van der Waals surface area contributed by atoms with Gasteiger partial charge in [-0.05, 0) is 25.1 Å². The minimum atomic E-state index is -0.513. The highest BCUT2D eigenvalue weighted by atomic mass is 79.9. The molecule has 0 aliphatic heterocycles. The molecule has 0 aliphatic rings. The minimum absolute atomic E-state index is 0.118. The number of carbonyl (C=O) groups excluding carboxylic acids is 1. The van der Waals surface area contributed by atoms with Crippen molar-refractivity contribution in [3.63, 3.8) is 0 Å². The van der Waals surface area contributed by atoms with Gasteiger partial charge in [0.25, 0.3) is 5.69 Å². The Labute approximate surface area is 126 Å². The molecule has 110 valence electrons. The van der Waals surface area contributed by atoms with Crippen molar-refractivity contribution in [3.8, 4) is 0 Å². The van der Waals surface area contributed by atoms with Crippen molar-refractivity contribution in [3.05, 3.63) is 32.8 Å². The Morgan fingerprint density at radius 3 is 2.75 bits per heavy atom. The average molecular weight is 344 g/mol. The van der Waals surface area contributed by atoms with Crippen LogP contribution in [0, 0.1) is 10.1 Å². The van der Waals surface area contributed by atoms with Crippen molar-refractivity contribution >= 4 is 33.2 Å². The summed E-state index contributed by atoms with van der Waals surface area (Å²) >= 11 is 3.17. The first kappa shape index (κ1) is 16.6. The van der Waals surface area contributed by atoms with E-state index in [9.17, 15) is 14.9 Å². The van der Waals surface area contributed by atoms with Crippen LogP contribution in [0.1, 0.15) is 26.7 Å². The summed E-state index contributed by atoms with van der Waals surface area (Å²) in [5.41, 5.74) is 0.105. The molecular formula is C13H18BrN3O3. The molecule has 0 aliphatic carbocycles. The molecule has 1 amide bonds. The molecule has 0 spiro atoms. The molecule has 1 aromatic carbocycles. The molecule has 1 rings (SSSR count). The molecule has 0 aromatic heterocycles. The lowest BCUT2D eigenvalue weighted by Crippen LogP contribution is -2.24. The zero-order valence-electron chi connectivity index (χ0n) is 11.5. The molecule has 1 aromatic rings. The Balaban J connectivity index is 2.55. The van der Waals surface area contributed by atoms with Crippen molar-refractivity contribution in [2.45, 2.75) is 32.7 Å². The van der Waals surface area contributed by atoms with E-state index in [-0.39, 0.29) is 17.3 Å². The predicted molar refractivity (Wildman–Crippen MR) is 81.8 cm³/mol. The number of benzene rings is 1. The number of nitrogens with zero attached hydrogens (tertiary/aromatic N) is 1. The second kappa shape index (κ2) is 7.96. The third-order valence-corrected chi connectivity index (χ3v) is 3.06. The summed E-state index contributed by atoms with van der Waals surface area (Å²) in [5.74, 6) is -0.221. The Kier molecular flexibility index (Phi) is 6.60. The fourth-order valence-electron chi connectivity index (χ4n) is 1.61. The third-order valence-electron chi connectivity index (χ3n) is 2.56. The van der Waals surface area contributed by atoms with Crippen LogP contribution >= 0.6 is 15.9 Å². The average Bonchev–Trinajstić information content (AvgIpc) is 2.36. The number of nitro benzene ring substituents is 1. The highest BCUT2D eigenvalue weighted by molar-refractivity contribution is 9.10. The van der Waals surface area contributed by atoms with Crippen LogP contribution in [0.15, 0.2) is 22.7 Å². The number of carbonyl (C=O) groups is 1. The molecule has 0 heterocycles. The van der Waals surface area contributed by atoms with E-state index in [1.54, 1.807) is 6.07 Å². The Morgan fingerprint density at radius 1 is 1.45 bits per heavy atom. The van der Waals surface area contributed by atoms with Crippen molar-refractivity contribution in [1.82, 2.24) is 5.32 Å². The number of nitro groups is 1. The number of rotatable bonds is 7. The second-order valence-electron chi connectivity index (χ2n) is 4.68. The van der Waals surface area contributed by atoms with Gasteiger partial charge in [0.1, 0.15) is 5.69 Å². The third kappa shape index (κ3) is 5.66. The molecule has 7 heteroatoms. The van der Waals surface area contributed by atoms with Gasteiger partial charge in [-0.25, -0.2) is 0 Å². The Morgan fingerprint density at radius 2 is 2.15 bits per heavy atom. The monoisotopic (exact) mass is 343 g/mol. The van der Waals surface area contributed by atoms with Gasteiger partial charge in [-0.1, -0.05) is 29.8 Å². The fraction of sp³-hybridized carbons (Fsp3) is 0.462. The van der Waals surface area contributed by atoms with Crippen molar-refractivity contribution in [2.75, 3.05) is 11.9 Å². The summed E-state index contributed by atoms with van der Waals surface area (Å²) in [6, 6.07) is 4.93. The number of nitrogens with one attached hydrogen (secondary N) is 2. The van der Waals surface area contributed by atoms with Gasteiger partial charge in [0.2, 0.25) is 5.91 Å². The van der Waals surface area contributed by atoms with Crippen molar-refractivity contribution in [1.29, 1.82) is 0 Å². The number of hydrogen-bond donors (Lipinski definition) is 2. The van der Waals surface area contributed by atoms with Gasteiger partial charge in [-0.2, -0.15) is 0 Å². The van der Waals surface area contributed by atoms with Gasteiger partial charge in [-0.15, -0.1) is 0 Å². The van der Waals surface area contributed by atoms with Gasteiger partial charge < -0.3 is 10.6 Å². The van der Waals surface area contributed by atoms with Crippen LogP contribution in [0.3, 0.4) is 0 Å². The van der Waals surface area contributed by atoms with Crippen LogP contribution in [0.4, 0.5) is 11.4 Å². The zero-order chi connectivity index (χ0) is 15.1. The van der Waals surface area contributed by atoms with E-state index in [2.05, 4.69) is 26.6 Å². The van der Waals surface area contributed by atoms with Crippen molar-refractivity contribution in [2.24, 2.45) is 0 Å². The highest BCUT2D eigenvalue weighted by Gasteiger charge is 2.16. The molecular weight excluding hydrogens is 326 g/mol. The molecule has 0 unspecified atom stereocenters. The number of halogens is 1. The summed E-state index contributed by atoms with van der Waals surface area (Å²) < 4.78 is 0.600. The van der Waals surface area contributed by atoms with E-state index in [4.69, 9.17) is 0 Å². The Bertz CT molecular complexity index is 492. The SMILES string of the molecule is CC(C)NCCCC(=O)Nc1ccc(Br)cc1[N+](=O)[O-]. The lowest BCUT2D eigenvalue weighted by molar-refractivity contribution is -0.384. The summed E-state index contributed by atoms with van der Waals surface area (Å²) in [7, 11) is 0. The number of hydrogen-bond acceptors (Lipinski definition) is 4. The van der Waals surface area contributed by atoms with E-state index in [0.717, 1.165) is 6.54 Å². The van der Waals surface area contributed by atoms with E-state index in [0.29, 0.717) is 23.4 Å². The molecule has 2 N–H and O–H groups in total. The molecule has 0 atom stereocenters. The molecule has 0 saturated carbocycles. The standard InChI is InChI=1S/C13H18BrN3O3/c1-9(2)15-7-3-4-13(18)16-11-6-5-10(14)8-12(11)17(19)20/h5-6,8-9,15H,3-4,7H2,1-2H3,(H,16,18). The summed E-state index contributed by atoms with van der Waals surface area (Å²) in [6.45, 7) is 4.81. The zero-order valence-corrected chi connectivity index (χ0v) is 13.1. The van der Waals surface area contributed by atoms with E-state index >= 15 is 0 Å². The number of anilines is 1. The van der Waals surface area contributed by atoms with Gasteiger partial charge in [0.05, 0.1) is 4.92 Å². The molecule has 0 saturated heterocycles. The summed E-state index contributed by atoms with van der Waals surface area (Å²) in [6.07, 6.45) is 1.02. The summed E-state index contributed by atoms with van der Waals surface area (Å²) in [4.78, 5) is 22.1. The van der Waals surface area contributed by atoms with Crippen LogP contribution in [-0.4, -0.2) is 23.4 Å². The molecule has 0 fully saturated rings. The van der Waals surface area contributed by atoms with E-state index < -0.39 is 4.92 Å². The lowest BCUT2D eigenvalue weighted by Gasteiger charge is -2.08. The van der Waals surface area contributed by atoms with E-state index in [1.807, 2.05) is 13.8 Å². The van der Waals surface area contributed by atoms with Gasteiger partial charge in [-0.3, -0.25) is 14.9 Å². The van der Waals surface area contributed by atoms with Gasteiger partial charge in [0, 0.05) is 23.0 Å². The van der Waals surface area contributed by atoms with Crippen LogP contribution < -0.4 is 10.6 Å². The lowest BCUT2D eigenvalue weighted by atomic mass is 10.2. The van der Waals surface area contributed by atoms with Crippen LogP contribution in [-0.2, 0) is 4.79 Å². The van der Waals surface area contributed by atoms with Crippen LogP contribution in [0.25, 0.3) is 0 Å². The van der Waals surface area contributed by atoms with Gasteiger partial charge >= 0.3 is 0 Å². The molecule has 0 bridgehead atoms. The van der Waals surface area contributed by atoms with Crippen molar-refractivity contribution < 1.29 is 9.72 Å². The largest absolute Gasteiger partial charge is 0.320 e. The minimum Gasteiger partial charge on any atom is -0.320 e. The molecule has 0 radical (unpaired) electrons. The summed E-state index contributed by atoms with van der Waals surface area (Å²) in [5, 5.41) is 16.7. The maximum atomic E-state index is 11.7. The molecule has 6 nitrogen and oxygen atoms in total. The Hall–Kier alpha value is -1.47. The second-order valence-corrected chi connectivity index (χ2v) is 5.59. The van der Waals surface area contributed by atoms with Crippen LogP contribution in [0.5, 0.6) is 0 Å². The first-order valence-electron chi connectivity index (χ1n) is 6.37. The highest BCUT2D eigenvalue weighted by Crippen LogP contribution is 2.28. The van der Waals surface area contributed by atoms with Gasteiger partial charge in [0.15, 0.2) is 0 Å². The topological polar surface area (TPSA) is 84.3 Å². The smallest absolute Gasteiger partial charge is 0.293 e. The van der Waals surface area contributed by atoms with Crippen LogP contribution in [0.2, 0.25) is 0 Å².